The molecule has 1 saturated heterocycles. The molecule has 2 aromatic rings. The molecule has 19 heavy (non-hydrogen) atoms. The Morgan fingerprint density at radius 2 is 2.05 bits per heavy atom. The van der Waals surface area contributed by atoms with Crippen LogP contribution < -0.4 is 0 Å². The molecule has 0 unspecified atom stereocenters. The van der Waals surface area contributed by atoms with Crippen LogP contribution in [0.4, 0.5) is 4.39 Å². The molecule has 0 saturated carbocycles. The van der Waals surface area contributed by atoms with Crippen LogP contribution in [0.1, 0.15) is 29.6 Å². The van der Waals surface area contributed by atoms with Crippen LogP contribution in [0.25, 0.3) is 0 Å². The molecular weight excluding hydrogens is 247 g/mol. The third-order valence-corrected chi connectivity index (χ3v) is 3.32. The van der Waals surface area contributed by atoms with Gasteiger partial charge in [-0.3, -0.25) is 0 Å². The minimum absolute atomic E-state index is 0.218. The van der Waals surface area contributed by atoms with Crippen molar-refractivity contribution >= 4 is 0 Å². The summed E-state index contributed by atoms with van der Waals surface area (Å²) in [5, 5.41) is 4.00. The fourth-order valence-electron chi connectivity index (χ4n) is 2.18. The van der Waals surface area contributed by atoms with E-state index in [1.54, 1.807) is 12.1 Å². The topological polar surface area (TPSA) is 48.2 Å². The van der Waals surface area contributed by atoms with Crippen molar-refractivity contribution in [1.29, 1.82) is 0 Å². The lowest BCUT2D eigenvalue weighted by atomic mass is 10.1. The van der Waals surface area contributed by atoms with Crippen LogP contribution in [0.15, 0.2) is 28.8 Å². The van der Waals surface area contributed by atoms with Crippen molar-refractivity contribution in [2.45, 2.75) is 25.2 Å². The Labute approximate surface area is 110 Å². The third kappa shape index (κ3) is 2.98. The molecule has 3 rings (SSSR count). The monoisotopic (exact) mass is 262 g/mol. The van der Waals surface area contributed by atoms with E-state index in [2.05, 4.69) is 10.1 Å². The van der Waals surface area contributed by atoms with Crippen LogP contribution in [0.2, 0.25) is 0 Å². The number of aryl methyl sites for hydroxylation is 2. The van der Waals surface area contributed by atoms with Crippen LogP contribution in [0, 0.1) is 5.82 Å². The van der Waals surface area contributed by atoms with Gasteiger partial charge in [0.2, 0.25) is 5.89 Å². The fraction of sp³-hybridized carbons (Fsp3) is 0.429. The molecule has 0 aliphatic carbocycles. The Kier molecular flexibility index (Phi) is 3.55. The number of hydrogen-bond donors (Lipinski definition) is 0. The van der Waals surface area contributed by atoms with Crippen LogP contribution >= 0.6 is 0 Å². The molecule has 1 atom stereocenters. The van der Waals surface area contributed by atoms with Crippen molar-refractivity contribution in [3.8, 4) is 0 Å². The second kappa shape index (κ2) is 5.48. The van der Waals surface area contributed by atoms with Gasteiger partial charge in [-0.05, 0) is 30.5 Å². The second-order valence-corrected chi connectivity index (χ2v) is 4.73. The first kappa shape index (κ1) is 12.3. The highest BCUT2D eigenvalue weighted by atomic mass is 19.1. The zero-order chi connectivity index (χ0) is 13.1. The number of aromatic nitrogens is 2. The minimum atomic E-state index is -0.218. The summed E-state index contributed by atoms with van der Waals surface area (Å²) in [5.41, 5.74) is 1.06. The zero-order valence-corrected chi connectivity index (χ0v) is 10.5. The van der Waals surface area contributed by atoms with Gasteiger partial charge in [-0.1, -0.05) is 17.3 Å². The average molecular weight is 262 g/mol. The van der Waals surface area contributed by atoms with Crippen molar-refractivity contribution < 1.29 is 13.7 Å². The number of halogens is 1. The summed E-state index contributed by atoms with van der Waals surface area (Å²) in [6.07, 6.45) is 2.40. The molecular formula is C14H15FN2O2. The Bertz CT molecular complexity index is 533. The molecule has 0 radical (unpaired) electrons. The Hall–Kier alpha value is -1.75. The maximum atomic E-state index is 12.8. The maximum absolute atomic E-state index is 12.8. The van der Waals surface area contributed by atoms with Gasteiger partial charge in [0, 0.05) is 18.9 Å². The van der Waals surface area contributed by atoms with Crippen molar-refractivity contribution in [2.24, 2.45) is 0 Å². The lowest BCUT2D eigenvalue weighted by Gasteiger charge is -1.98. The summed E-state index contributed by atoms with van der Waals surface area (Å²) in [6.45, 7) is 1.45. The number of hydrogen-bond acceptors (Lipinski definition) is 4. The number of benzene rings is 1. The maximum Gasteiger partial charge on any atom is 0.226 e. The molecule has 1 aliphatic heterocycles. The van der Waals surface area contributed by atoms with Gasteiger partial charge in [0.25, 0.3) is 0 Å². The van der Waals surface area contributed by atoms with Crippen LogP contribution in [-0.4, -0.2) is 23.4 Å². The first-order chi connectivity index (χ1) is 9.31. The normalized spacial score (nSPS) is 18.9. The van der Waals surface area contributed by atoms with Crippen LogP contribution in [0.3, 0.4) is 0 Å². The summed E-state index contributed by atoms with van der Waals surface area (Å²) in [7, 11) is 0. The average Bonchev–Trinajstić information content (AvgIpc) is 3.09. The van der Waals surface area contributed by atoms with Gasteiger partial charge < -0.3 is 9.26 Å². The molecule has 2 heterocycles. The summed E-state index contributed by atoms with van der Waals surface area (Å²) in [6, 6.07) is 6.48. The van der Waals surface area contributed by atoms with Gasteiger partial charge in [0.1, 0.15) is 5.82 Å². The summed E-state index contributed by atoms with van der Waals surface area (Å²) < 4.78 is 23.3. The lowest BCUT2D eigenvalue weighted by molar-refractivity contribution is 0.192. The van der Waals surface area contributed by atoms with Crippen molar-refractivity contribution in [2.75, 3.05) is 13.2 Å². The highest BCUT2D eigenvalue weighted by Gasteiger charge is 2.22. The SMILES string of the molecule is Fc1ccc(CCc2nc([C@H]3CCOC3)no2)cc1. The number of nitrogens with zero attached hydrogens (tertiary/aromatic N) is 2. The first-order valence-electron chi connectivity index (χ1n) is 6.46. The molecule has 0 amide bonds. The van der Waals surface area contributed by atoms with E-state index in [-0.39, 0.29) is 11.7 Å². The van der Waals surface area contributed by atoms with Crippen molar-refractivity contribution in [3.05, 3.63) is 47.4 Å². The van der Waals surface area contributed by atoms with Gasteiger partial charge in [-0.15, -0.1) is 0 Å². The molecule has 5 heteroatoms. The highest BCUT2D eigenvalue weighted by Crippen LogP contribution is 2.22. The summed E-state index contributed by atoms with van der Waals surface area (Å²) in [5.74, 6) is 1.42. The Morgan fingerprint density at radius 3 is 2.79 bits per heavy atom. The van der Waals surface area contributed by atoms with Gasteiger partial charge in [0.05, 0.1) is 6.61 Å². The number of rotatable bonds is 4. The number of ether oxygens (including phenoxy) is 1. The van der Waals surface area contributed by atoms with E-state index < -0.39 is 0 Å². The molecule has 0 N–H and O–H groups in total. The van der Waals surface area contributed by atoms with E-state index in [0.29, 0.717) is 18.9 Å². The van der Waals surface area contributed by atoms with E-state index in [0.717, 1.165) is 30.8 Å². The van der Waals surface area contributed by atoms with Gasteiger partial charge in [-0.25, -0.2) is 4.39 Å². The third-order valence-electron chi connectivity index (χ3n) is 3.32. The molecule has 4 nitrogen and oxygen atoms in total. The fourth-order valence-corrected chi connectivity index (χ4v) is 2.18. The first-order valence-corrected chi connectivity index (χ1v) is 6.46. The highest BCUT2D eigenvalue weighted by molar-refractivity contribution is 5.16. The Morgan fingerprint density at radius 1 is 1.21 bits per heavy atom. The van der Waals surface area contributed by atoms with E-state index in [1.807, 2.05) is 0 Å². The predicted octanol–water partition coefficient (Wildman–Crippen LogP) is 2.50. The van der Waals surface area contributed by atoms with E-state index in [9.17, 15) is 4.39 Å². The molecule has 1 aromatic heterocycles. The smallest absolute Gasteiger partial charge is 0.226 e. The molecule has 1 fully saturated rings. The van der Waals surface area contributed by atoms with Gasteiger partial charge in [0.15, 0.2) is 5.82 Å². The molecule has 100 valence electrons. The van der Waals surface area contributed by atoms with E-state index in [4.69, 9.17) is 9.26 Å². The summed E-state index contributed by atoms with van der Waals surface area (Å²) >= 11 is 0. The molecule has 0 bridgehead atoms. The minimum Gasteiger partial charge on any atom is -0.381 e. The summed E-state index contributed by atoms with van der Waals surface area (Å²) in [4.78, 5) is 4.39. The Balaban J connectivity index is 1.59. The van der Waals surface area contributed by atoms with E-state index >= 15 is 0 Å². The van der Waals surface area contributed by atoms with Crippen LogP contribution in [0.5, 0.6) is 0 Å². The zero-order valence-electron chi connectivity index (χ0n) is 10.5. The molecule has 0 spiro atoms. The van der Waals surface area contributed by atoms with E-state index in [1.165, 1.54) is 12.1 Å². The molecule has 1 aliphatic rings. The van der Waals surface area contributed by atoms with Gasteiger partial charge >= 0.3 is 0 Å². The van der Waals surface area contributed by atoms with Gasteiger partial charge in [-0.2, -0.15) is 4.98 Å². The van der Waals surface area contributed by atoms with Crippen molar-refractivity contribution in [3.63, 3.8) is 0 Å². The predicted molar refractivity (Wildman–Crippen MR) is 66.3 cm³/mol. The quantitative estimate of drug-likeness (QED) is 0.849. The standard InChI is InChI=1S/C14H15FN2O2/c15-12-4-1-10(2-5-12)3-6-13-16-14(17-19-13)11-7-8-18-9-11/h1-2,4-5,11H,3,6-9H2/t11-/m0/s1. The van der Waals surface area contributed by atoms with Crippen molar-refractivity contribution in [1.82, 2.24) is 10.1 Å². The van der Waals surface area contributed by atoms with Crippen LogP contribution in [-0.2, 0) is 17.6 Å². The lowest BCUT2D eigenvalue weighted by Crippen LogP contribution is -2.00. The molecule has 1 aromatic carbocycles. The largest absolute Gasteiger partial charge is 0.381 e. The second-order valence-electron chi connectivity index (χ2n) is 4.73.